The molecule has 0 saturated heterocycles. The minimum absolute atomic E-state index is 0.362. The molecule has 0 saturated carbocycles. The third-order valence-corrected chi connectivity index (χ3v) is 2.76. The number of nitrogens with one attached hydrogen (secondary N) is 1. The number of aryl methyl sites for hydroxylation is 1. The number of nitrogens with zero attached hydrogens (tertiary/aromatic N) is 4. The lowest BCUT2D eigenvalue weighted by molar-refractivity contribution is 0.101. The van der Waals surface area contributed by atoms with Crippen molar-refractivity contribution in [3.63, 3.8) is 0 Å². The predicted octanol–water partition coefficient (Wildman–Crippen LogP) is 1.90. The molecule has 2 aromatic rings. The van der Waals surface area contributed by atoms with Gasteiger partial charge in [-0.25, -0.2) is 8.78 Å². The molecule has 11 heteroatoms. The summed E-state index contributed by atoms with van der Waals surface area (Å²) in [6.45, 7) is 2.24. The number of carbonyl (C=O) groups is 1. The van der Waals surface area contributed by atoms with E-state index >= 15 is 0 Å². The van der Waals surface area contributed by atoms with Crippen LogP contribution in [0.15, 0.2) is 0 Å². The molecule has 0 radical (unpaired) electrons. The van der Waals surface area contributed by atoms with Gasteiger partial charge in [0.15, 0.2) is 17.4 Å². The molecule has 0 aliphatic rings. The van der Waals surface area contributed by atoms with Crippen LogP contribution in [-0.2, 0) is 6.54 Å². The van der Waals surface area contributed by atoms with Gasteiger partial charge in [0.2, 0.25) is 11.6 Å². The summed E-state index contributed by atoms with van der Waals surface area (Å²) in [5.41, 5.74) is -1.45. The van der Waals surface area contributed by atoms with E-state index in [4.69, 9.17) is 0 Å². The first-order valence-corrected chi connectivity index (χ1v) is 6.39. The fourth-order valence-corrected chi connectivity index (χ4v) is 1.74. The number of ether oxygens (including phenoxy) is 1. The third kappa shape index (κ3) is 3.07. The minimum Gasteiger partial charge on any atom is -0.491 e. The van der Waals surface area contributed by atoms with Gasteiger partial charge in [0, 0.05) is 0 Å². The van der Waals surface area contributed by atoms with Crippen LogP contribution in [0.3, 0.4) is 0 Å². The number of rotatable bonds is 5. The Morgan fingerprint density at radius 3 is 2.30 bits per heavy atom. The zero-order valence-electron chi connectivity index (χ0n) is 12.0. The van der Waals surface area contributed by atoms with E-state index in [9.17, 15) is 22.4 Å². The second kappa shape index (κ2) is 6.58. The molecule has 0 fully saturated rings. The Kier molecular flexibility index (Phi) is 4.77. The zero-order chi connectivity index (χ0) is 17.1. The van der Waals surface area contributed by atoms with E-state index in [1.807, 2.05) is 12.2 Å². The van der Waals surface area contributed by atoms with Crippen molar-refractivity contribution in [2.24, 2.45) is 0 Å². The van der Waals surface area contributed by atoms with E-state index in [2.05, 4.69) is 20.1 Å². The van der Waals surface area contributed by atoms with E-state index < -0.39 is 40.5 Å². The van der Waals surface area contributed by atoms with Crippen LogP contribution >= 0.6 is 0 Å². The van der Waals surface area contributed by atoms with E-state index in [1.165, 1.54) is 0 Å². The van der Waals surface area contributed by atoms with Gasteiger partial charge in [-0.2, -0.15) is 13.6 Å². The van der Waals surface area contributed by atoms with Crippen molar-refractivity contribution in [1.82, 2.24) is 20.2 Å². The van der Waals surface area contributed by atoms with Crippen molar-refractivity contribution < 1.29 is 27.1 Å². The summed E-state index contributed by atoms with van der Waals surface area (Å²) in [6.07, 6.45) is 0.682. The van der Waals surface area contributed by atoms with Crippen LogP contribution in [0.25, 0.3) is 0 Å². The largest absolute Gasteiger partial charge is 0.491 e. The molecule has 1 amide bonds. The summed E-state index contributed by atoms with van der Waals surface area (Å²) in [7, 11) is 0.829. The first-order chi connectivity index (χ1) is 10.9. The summed E-state index contributed by atoms with van der Waals surface area (Å²) >= 11 is 0. The van der Waals surface area contributed by atoms with Crippen LogP contribution in [-0.4, -0.2) is 33.2 Å². The molecular weight excluding hydrogens is 322 g/mol. The summed E-state index contributed by atoms with van der Waals surface area (Å²) in [5.74, 6) is -10.5. The molecule has 0 aliphatic heterocycles. The van der Waals surface area contributed by atoms with Crippen molar-refractivity contribution >= 4 is 11.9 Å². The number of hydrogen-bond acceptors (Lipinski definition) is 5. The molecule has 0 bridgehead atoms. The molecule has 1 aromatic heterocycles. The van der Waals surface area contributed by atoms with Gasteiger partial charge in [-0.05, 0) is 11.6 Å². The standard InChI is InChI=1S/C12H11F4N5O2/c1-3-4-21-19-12(18-20-21)17-11(22)5-6(13)8(15)10(23-2)9(16)7(5)14/h3-4H2,1-2H3,(H,17,19,22). The highest BCUT2D eigenvalue weighted by Gasteiger charge is 2.30. The average molecular weight is 333 g/mol. The van der Waals surface area contributed by atoms with Crippen molar-refractivity contribution in [1.29, 1.82) is 0 Å². The van der Waals surface area contributed by atoms with Gasteiger partial charge in [0.25, 0.3) is 11.9 Å². The van der Waals surface area contributed by atoms with Crippen molar-refractivity contribution in [2.75, 3.05) is 12.4 Å². The van der Waals surface area contributed by atoms with Gasteiger partial charge in [-0.1, -0.05) is 12.0 Å². The first-order valence-electron chi connectivity index (χ1n) is 6.39. The van der Waals surface area contributed by atoms with Crippen molar-refractivity contribution in [2.45, 2.75) is 19.9 Å². The molecular formula is C12H11F4N5O2. The third-order valence-electron chi connectivity index (χ3n) is 2.76. The highest BCUT2D eigenvalue weighted by atomic mass is 19.2. The van der Waals surface area contributed by atoms with Gasteiger partial charge in [-0.3, -0.25) is 10.1 Å². The maximum absolute atomic E-state index is 13.8. The number of tetrazole rings is 1. The van der Waals surface area contributed by atoms with E-state index in [-0.39, 0.29) is 5.95 Å². The van der Waals surface area contributed by atoms with Crippen molar-refractivity contribution in [3.05, 3.63) is 28.8 Å². The molecule has 23 heavy (non-hydrogen) atoms. The summed E-state index contributed by atoms with van der Waals surface area (Å²) in [4.78, 5) is 13.0. The minimum atomic E-state index is -1.89. The van der Waals surface area contributed by atoms with Crippen LogP contribution in [0.5, 0.6) is 5.75 Å². The molecule has 0 atom stereocenters. The summed E-state index contributed by atoms with van der Waals surface area (Å²) in [6, 6.07) is 0. The van der Waals surface area contributed by atoms with Gasteiger partial charge < -0.3 is 4.74 Å². The normalized spacial score (nSPS) is 10.7. The monoisotopic (exact) mass is 333 g/mol. The average Bonchev–Trinajstić information content (AvgIpc) is 2.94. The SMILES string of the molecule is CCCn1nnc(NC(=O)c2c(F)c(F)c(OC)c(F)c2F)n1. The number of anilines is 1. The number of amides is 1. The van der Waals surface area contributed by atoms with Crippen LogP contribution in [0.1, 0.15) is 23.7 Å². The van der Waals surface area contributed by atoms with Gasteiger partial charge in [0.05, 0.1) is 13.7 Å². The van der Waals surface area contributed by atoms with E-state index in [0.717, 1.165) is 11.9 Å². The molecule has 0 spiro atoms. The van der Waals surface area contributed by atoms with Crippen LogP contribution in [0, 0.1) is 23.3 Å². The highest BCUT2D eigenvalue weighted by Crippen LogP contribution is 2.29. The second-order valence-electron chi connectivity index (χ2n) is 4.33. The van der Waals surface area contributed by atoms with Gasteiger partial charge >= 0.3 is 0 Å². The highest BCUT2D eigenvalue weighted by molar-refractivity contribution is 6.03. The number of carbonyl (C=O) groups excluding carboxylic acids is 1. The first kappa shape index (κ1) is 16.6. The lowest BCUT2D eigenvalue weighted by Gasteiger charge is -2.10. The molecule has 0 unspecified atom stereocenters. The molecule has 7 nitrogen and oxygen atoms in total. The molecule has 1 heterocycles. The van der Waals surface area contributed by atoms with Gasteiger partial charge in [0.1, 0.15) is 5.56 Å². The second-order valence-corrected chi connectivity index (χ2v) is 4.33. The van der Waals surface area contributed by atoms with E-state index in [0.29, 0.717) is 13.0 Å². The van der Waals surface area contributed by atoms with Crippen molar-refractivity contribution in [3.8, 4) is 5.75 Å². The predicted molar refractivity (Wildman–Crippen MR) is 68.9 cm³/mol. The maximum atomic E-state index is 13.8. The smallest absolute Gasteiger partial charge is 0.270 e. The number of halogens is 4. The maximum Gasteiger partial charge on any atom is 0.270 e. The zero-order valence-corrected chi connectivity index (χ0v) is 12.0. The van der Waals surface area contributed by atoms with E-state index in [1.54, 1.807) is 0 Å². The lowest BCUT2D eigenvalue weighted by atomic mass is 10.1. The number of hydrogen-bond donors (Lipinski definition) is 1. The quantitative estimate of drug-likeness (QED) is 0.667. The Morgan fingerprint density at radius 1 is 1.17 bits per heavy atom. The number of methoxy groups -OCH3 is 1. The topological polar surface area (TPSA) is 81.9 Å². The molecule has 2 rings (SSSR count). The Balaban J connectivity index is 2.35. The van der Waals surface area contributed by atoms with Crippen LogP contribution < -0.4 is 10.1 Å². The Morgan fingerprint density at radius 2 is 1.78 bits per heavy atom. The fraction of sp³-hybridized carbons (Fsp3) is 0.333. The van der Waals surface area contributed by atoms with Crippen LogP contribution in [0.4, 0.5) is 23.5 Å². The summed E-state index contributed by atoms with van der Waals surface area (Å²) < 4.78 is 58.9. The molecule has 1 N–H and O–H groups in total. The molecule has 124 valence electrons. The fourth-order valence-electron chi connectivity index (χ4n) is 1.74. The molecule has 0 aliphatic carbocycles. The Bertz CT molecular complexity index is 720. The number of benzene rings is 1. The lowest BCUT2D eigenvalue weighted by Crippen LogP contribution is -2.19. The van der Waals surface area contributed by atoms with Crippen LogP contribution in [0.2, 0.25) is 0 Å². The molecule has 1 aromatic carbocycles. The summed E-state index contributed by atoms with van der Waals surface area (Å²) in [5, 5.41) is 12.6. The Labute approximate surface area is 127 Å². The number of aromatic nitrogens is 4. The van der Waals surface area contributed by atoms with Gasteiger partial charge in [-0.15, -0.1) is 5.10 Å². The Hall–Kier alpha value is -2.72.